The highest BCUT2D eigenvalue weighted by Gasteiger charge is 2.30. The minimum atomic E-state index is -4.38. The second kappa shape index (κ2) is 4.97. The molecule has 1 aromatic rings. The van der Waals surface area contributed by atoms with Crippen molar-refractivity contribution < 1.29 is 22.7 Å². The molecule has 1 amide bonds. The Kier molecular flexibility index (Phi) is 3.56. The molecule has 1 atom stereocenters. The molecule has 0 spiro atoms. The summed E-state index contributed by atoms with van der Waals surface area (Å²) in [5.41, 5.74) is -0.543. The lowest BCUT2D eigenvalue weighted by Gasteiger charge is -2.11. The van der Waals surface area contributed by atoms with Crippen molar-refractivity contribution >= 4 is 5.91 Å². The molecule has 1 heterocycles. The lowest BCUT2D eigenvalue weighted by atomic mass is 10.1. The summed E-state index contributed by atoms with van der Waals surface area (Å²) in [6, 6.07) is 4.10. The Bertz CT molecular complexity index is 422. The molecule has 0 aliphatic carbocycles. The van der Waals surface area contributed by atoms with E-state index in [0.717, 1.165) is 18.6 Å². The highest BCUT2D eigenvalue weighted by atomic mass is 19.4. The number of halogens is 3. The van der Waals surface area contributed by atoms with Gasteiger partial charge < -0.3 is 10.1 Å². The number of nitrogens with one attached hydrogen (secondary N) is 1. The molecule has 1 N–H and O–H groups in total. The predicted octanol–water partition coefficient (Wildman–Crippen LogP) is 2.22. The van der Waals surface area contributed by atoms with Crippen LogP contribution < -0.4 is 5.32 Å². The maximum Gasteiger partial charge on any atom is 0.416 e. The second-order valence-electron chi connectivity index (χ2n) is 4.11. The van der Waals surface area contributed by atoms with Crippen LogP contribution in [0.25, 0.3) is 0 Å². The van der Waals surface area contributed by atoms with Crippen molar-refractivity contribution in [2.24, 2.45) is 0 Å². The Morgan fingerprint density at radius 2 is 1.94 bits per heavy atom. The third-order valence-corrected chi connectivity index (χ3v) is 2.74. The normalized spacial score (nSPS) is 19.8. The molecule has 2 rings (SSSR count). The zero-order valence-electron chi connectivity index (χ0n) is 9.46. The third-order valence-electron chi connectivity index (χ3n) is 2.74. The van der Waals surface area contributed by atoms with Crippen LogP contribution in [0.1, 0.15) is 22.3 Å². The smallest absolute Gasteiger partial charge is 0.379 e. The first kappa shape index (κ1) is 12.9. The number of rotatable bonds is 2. The summed E-state index contributed by atoms with van der Waals surface area (Å²) >= 11 is 0. The van der Waals surface area contributed by atoms with Crippen molar-refractivity contribution in [2.75, 3.05) is 13.2 Å². The lowest BCUT2D eigenvalue weighted by molar-refractivity contribution is -0.137. The number of benzene rings is 1. The predicted molar refractivity (Wildman–Crippen MR) is 58.1 cm³/mol. The summed E-state index contributed by atoms with van der Waals surface area (Å²) in [5, 5.41) is 2.71. The number of hydrogen-bond acceptors (Lipinski definition) is 2. The van der Waals surface area contributed by atoms with Gasteiger partial charge in [0.05, 0.1) is 18.2 Å². The van der Waals surface area contributed by atoms with Crippen molar-refractivity contribution in [3.63, 3.8) is 0 Å². The number of carbonyl (C=O) groups excluding carboxylic acids is 1. The molecule has 1 unspecified atom stereocenters. The van der Waals surface area contributed by atoms with E-state index < -0.39 is 11.7 Å². The van der Waals surface area contributed by atoms with Crippen molar-refractivity contribution in [3.8, 4) is 0 Å². The maximum atomic E-state index is 12.3. The van der Waals surface area contributed by atoms with Gasteiger partial charge in [-0.15, -0.1) is 0 Å². The molecule has 98 valence electrons. The molecule has 18 heavy (non-hydrogen) atoms. The highest BCUT2D eigenvalue weighted by Crippen LogP contribution is 2.29. The highest BCUT2D eigenvalue weighted by molar-refractivity contribution is 5.94. The zero-order valence-corrected chi connectivity index (χ0v) is 9.46. The fourth-order valence-corrected chi connectivity index (χ4v) is 1.73. The Hall–Kier alpha value is -1.56. The largest absolute Gasteiger partial charge is 0.416 e. The first-order valence-electron chi connectivity index (χ1n) is 5.52. The van der Waals surface area contributed by atoms with E-state index in [2.05, 4.69) is 5.32 Å². The van der Waals surface area contributed by atoms with Crippen LogP contribution >= 0.6 is 0 Å². The van der Waals surface area contributed by atoms with Gasteiger partial charge in [-0.05, 0) is 30.7 Å². The van der Waals surface area contributed by atoms with Crippen LogP contribution in [0.3, 0.4) is 0 Å². The topological polar surface area (TPSA) is 38.3 Å². The fourth-order valence-electron chi connectivity index (χ4n) is 1.73. The molecule has 0 bridgehead atoms. The SMILES string of the molecule is O=C(NC1CCOC1)c1ccc(C(F)(F)F)cc1. The Morgan fingerprint density at radius 1 is 1.28 bits per heavy atom. The van der Waals surface area contributed by atoms with Crippen LogP contribution in [0.4, 0.5) is 13.2 Å². The van der Waals surface area contributed by atoms with Crippen LogP contribution in [-0.4, -0.2) is 25.2 Å². The molecular formula is C12H12F3NO2. The minimum Gasteiger partial charge on any atom is -0.379 e. The van der Waals surface area contributed by atoms with Gasteiger partial charge in [-0.2, -0.15) is 13.2 Å². The molecule has 1 fully saturated rings. The average molecular weight is 259 g/mol. The van der Waals surface area contributed by atoms with E-state index in [9.17, 15) is 18.0 Å². The molecule has 1 aliphatic rings. The summed E-state index contributed by atoms with van der Waals surface area (Å²) < 4.78 is 42.1. The molecular weight excluding hydrogens is 247 g/mol. The van der Waals surface area contributed by atoms with Crippen LogP contribution in [0.2, 0.25) is 0 Å². The molecule has 0 aromatic heterocycles. The summed E-state index contributed by atoms with van der Waals surface area (Å²) in [7, 11) is 0. The molecule has 0 radical (unpaired) electrons. The number of carbonyl (C=O) groups is 1. The van der Waals surface area contributed by atoms with E-state index in [4.69, 9.17) is 4.74 Å². The van der Waals surface area contributed by atoms with Crippen molar-refractivity contribution in [2.45, 2.75) is 18.6 Å². The van der Waals surface area contributed by atoms with E-state index in [1.807, 2.05) is 0 Å². The summed E-state index contributed by atoms with van der Waals surface area (Å²) in [5.74, 6) is -0.376. The number of amides is 1. The summed E-state index contributed by atoms with van der Waals surface area (Å²) in [6.07, 6.45) is -3.65. The van der Waals surface area contributed by atoms with Crippen LogP contribution in [0.5, 0.6) is 0 Å². The van der Waals surface area contributed by atoms with E-state index in [-0.39, 0.29) is 17.5 Å². The van der Waals surface area contributed by atoms with Crippen molar-refractivity contribution in [1.29, 1.82) is 0 Å². The molecule has 0 saturated carbocycles. The van der Waals surface area contributed by atoms with E-state index >= 15 is 0 Å². The monoisotopic (exact) mass is 259 g/mol. The Balaban J connectivity index is 2.02. The van der Waals surface area contributed by atoms with E-state index in [1.54, 1.807) is 0 Å². The number of hydrogen-bond donors (Lipinski definition) is 1. The van der Waals surface area contributed by atoms with Gasteiger partial charge in [0.25, 0.3) is 5.91 Å². The summed E-state index contributed by atoms with van der Waals surface area (Å²) in [4.78, 5) is 11.7. The van der Waals surface area contributed by atoms with Crippen molar-refractivity contribution in [1.82, 2.24) is 5.32 Å². The molecule has 1 saturated heterocycles. The second-order valence-corrected chi connectivity index (χ2v) is 4.11. The molecule has 1 aliphatic heterocycles. The maximum absolute atomic E-state index is 12.3. The van der Waals surface area contributed by atoms with Gasteiger partial charge >= 0.3 is 6.18 Å². The number of ether oxygens (including phenoxy) is 1. The molecule has 6 heteroatoms. The first-order chi connectivity index (χ1) is 8.47. The zero-order chi connectivity index (χ0) is 13.2. The van der Waals surface area contributed by atoms with Gasteiger partial charge in [0.2, 0.25) is 0 Å². The van der Waals surface area contributed by atoms with E-state index in [1.165, 1.54) is 12.1 Å². The quantitative estimate of drug-likeness (QED) is 0.884. The van der Waals surface area contributed by atoms with E-state index in [0.29, 0.717) is 13.2 Å². The van der Waals surface area contributed by atoms with Gasteiger partial charge in [0.15, 0.2) is 0 Å². The first-order valence-corrected chi connectivity index (χ1v) is 5.52. The summed E-state index contributed by atoms with van der Waals surface area (Å²) in [6.45, 7) is 1.05. The standard InChI is InChI=1S/C12H12F3NO2/c13-12(14,15)9-3-1-8(2-4-9)11(17)16-10-5-6-18-7-10/h1-4,10H,5-7H2,(H,16,17). The van der Waals surface area contributed by atoms with Crippen LogP contribution in [-0.2, 0) is 10.9 Å². The number of alkyl halides is 3. The Labute approximate surface area is 102 Å². The van der Waals surface area contributed by atoms with Crippen molar-refractivity contribution in [3.05, 3.63) is 35.4 Å². The minimum absolute atomic E-state index is 0.0557. The third kappa shape index (κ3) is 3.01. The van der Waals surface area contributed by atoms with Gasteiger partial charge in [0, 0.05) is 12.2 Å². The molecule has 1 aromatic carbocycles. The van der Waals surface area contributed by atoms with Crippen LogP contribution in [0.15, 0.2) is 24.3 Å². The average Bonchev–Trinajstić information content (AvgIpc) is 2.81. The van der Waals surface area contributed by atoms with Gasteiger partial charge in [-0.3, -0.25) is 4.79 Å². The van der Waals surface area contributed by atoms with Gasteiger partial charge in [-0.1, -0.05) is 0 Å². The lowest BCUT2D eigenvalue weighted by Crippen LogP contribution is -2.34. The van der Waals surface area contributed by atoms with Gasteiger partial charge in [0.1, 0.15) is 0 Å². The Morgan fingerprint density at radius 3 is 2.44 bits per heavy atom. The van der Waals surface area contributed by atoms with Gasteiger partial charge in [-0.25, -0.2) is 0 Å². The molecule has 3 nitrogen and oxygen atoms in total. The fraction of sp³-hybridized carbons (Fsp3) is 0.417. The van der Waals surface area contributed by atoms with Crippen LogP contribution in [0, 0.1) is 0 Å².